The monoisotopic (exact) mass is 975 g/mol. The number of hydrogen-bond acceptors (Lipinski definition) is 12. The Hall–Kier alpha value is -3.87. The number of benzene rings is 1. The van der Waals surface area contributed by atoms with Crippen LogP contribution in [0.25, 0.3) is 0 Å². The van der Waals surface area contributed by atoms with E-state index in [1.165, 1.54) is 14.2 Å². The van der Waals surface area contributed by atoms with E-state index in [1.54, 1.807) is 28.7 Å². The Kier molecular flexibility index (Phi) is 22.7. The van der Waals surface area contributed by atoms with Gasteiger partial charge in [0.1, 0.15) is 24.7 Å². The summed E-state index contributed by atoms with van der Waals surface area (Å²) in [6.07, 6.45) is 5.53. The zero-order valence-electron chi connectivity index (χ0n) is 40.9. The Labute approximate surface area is 409 Å². The summed E-state index contributed by atoms with van der Waals surface area (Å²) in [5, 5.41) is 19.8. The number of likely N-dealkylation sites (N-methyl/N-ethyl adjacent to an activating group) is 1. The third-order valence-electron chi connectivity index (χ3n) is 14.2. The molecule has 3 fully saturated rings. The Morgan fingerprint density at radius 1 is 0.925 bits per heavy atom. The molecule has 1 aromatic carbocycles. The fraction of sp³-hybridized carbons (Fsp3) is 0.735. The average molecular weight is 975 g/mol. The first-order chi connectivity index (χ1) is 32.0. The summed E-state index contributed by atoms with van der Waals surface area (Å²) in [5.74, 6) is -2.72. The molecule has 0 spiro atoms. The summed E-state index contributed by atoms with van der Waals surface area (Å²) < 4.78 is 12.0. The van der Waals surface area contributed by atoms with Gasteiger partial charge < -0.3 is 44.8 Å². The number of carbonyl (C=O) groups excluding carboxylic acids is 5. The number of rotatable bonds is 28. The number of hydrogen-bond donors (Lipinski definition) is 5. The third-order valence-corrected chi connectivity index (χ3v) is 14.9. The lowest BCUT2D eigenvalue weighted by Crippen LogP contribution is -2.60. The molecule has 2 heterocycles. The lowest BCUT2D eigenvalue weighted by molar-refractivity contribution is -0.149. The van der Waals surface area contributed by atoms with Gasteiger partial charge in [-0.3, -0.25) is 24.0 Å². The van der Waals surface area contributed by atoms with Gasteiger partial charge in [-0.05, 0) is 74.7 Å². The maximum Gasteiger partial charge on any atom is 0.326 e. The van der Waals surface area contributed by atoms with Crippen molar-refractivity contribution >= 4 is 66.5 Å². The highest BCUT2D eigenvalue weighted by molar-refractivity contribution is 7.82. The van der Waals surface area contributed by atoms with Crippen molar-refractivity contribution in [2.75, 3.05) is 45.9 Å². The number of carboxylic acids is 1. The first kappa shape index (κ1) is 55.7. The van der Waals surface area contributed by atoms with Crippen LogP contribution in [0.1, 0.15) is 111 Å². The highest BCUT2D eigenvalue weighted by Crippen LogP contribution is 2.43. The van der Waals surface area contributed by atoms with Gasteiger partial charge >= 0.3 is 5.97 Å². The van der Waals surface area contributed by atoms with Crippen LogP contribution < -0.4 is 10.6 Å². The Morgan fingerprint density at radius 2 is 1.63 bits per heavy atom. The molecule has 3 N–H and O–H groups in total. The number of ether oxygens (including phenoxy) is 2. The van der Waals surface area contributed by atoms with Gasteiger partial charge in [0.15, 0.2) is 0 Å². The number of nitrogens with one attached hydrogen (secondary N) is 2. The van der Waals surface area contributed by atoms with Gasteiger partial charge in [0, 0.05) is 58.2 Å². The number of methoxy groups -OCH3 is 2. The number of piperidine rings is 1. The van der Waals surface area contributed by atoms with Gasteiger partial charge in [-0.1, -0.05) is 76.5 Å². The topological polar surface area (TPSA) is 196 Å². The smallest absolute Gasteiger partial charge is 0.326 e. The molecule has 2 aliphatic heterocycles. The van der Waals surface area contributed by atoms with Crippen LogP contribution in [0.15, 0.2) is 35.5 Å². The number of aliphatic carboxylic acids is 1. The number of amides is 5. The van der Waals surface area contributed by atoms with E-state index < -0.39 is 60.2 Å². The molecular formula is C49H78N6O10S2. The average Bonchev–Trinajstić information content (AvgIpc) is 4.09. The zero-order valence-corrected chi connectivity index (χ0v) is 42.7. The molecule has 1 aromatic rings. The van der Waals surface area contributed by atoms with E-state index in [9.17, 15) is 33.9 Å². The van der Waals surface area contributed by atoms with E-state index in [4.69, 9.17) is 14.3 Å². The van der Waals surface area contributed by atoms with Gasteiger partial charge in [0.2, 0.25) is 29.5 Å². The molecule has 1 saturated carbocycles. The van der Waals surface area contributed by atoms with Crippen LogP contribution in [0.4, 0.5) is 0 Å². The fourth-order valence-corrected chi connectivity index (χ4v) is 10.8. The van der Waals surface area contributed by atoms with Crippen LogP contribution in [0.3, 0.4) is 0 Å². The summed E-state index contributed by atoms with van der Waals surface area (Å²) in [5.41, 5.74) is 1.52. The van der Waals surface area contributed by atoms with E-state index in [0.29, 0.717) is 56.8 Å². The molecule has 2 saturated heterocycles. The molecule has 3 aliphatic rings. The van der Waals surface area contributed by atoms with E-state index in [2.05, 4.69) is 41.0 Å². The first-order valence-corrected chi connectivity index (χ1v) is 25.5. The van der Waals surface area contributed by atoms with Gasteiger partial charge in [0.25, 0.3) is 0 Å². The zero-order chi connectivity index (χ0) is 49.4. The molecule has 4 rings (SSSR count). The van der Waals surface area contributed by atoms with Crippen LogP contribution in [-0.2, 0) is 49.5 Å². The third kappa shape index (κ3) is 14.8. The minimum atomic E-state index is -1.15. The number of carbonyl (C=O) groups is 6. The summed E-state index contributed by atoms with van der Waals surface area (Å²) in [6, 6.07) is 5.39. The predicted molar refractivity (Wildman–Crippen MR) is 264 cm³/mol. The van der Waals surface area contributed by atoms with Crippen LogP contribution in [0, 0.1) is 23.7 Å². The Bertz CT molecular complexity index is 1820. The van der Waals surface area contributed by atoms with Crippen molar-refractivity contribution in [1.29, 1.82) is 0 Å². The van der Waals surface area contributed by atoms with Gasteiger partial charge in [0.05, 0.1) is 42.3 Å². The lowest BCUT2D eigenvalue weighted by atomic mass is 9.89. The van der Waals surface area contributed by atoms with E-state index in [1.807, 2.05) is 58.0 Å². The largest absolute Gasteiger partial charge is 0.480 e. The van der Waals surface area contributed by atoms with Gasteiger partial charge in [-0.25, -0.2) is 4.79 Å². The summed E-state index contributed by atoms with van der Waals surface area (Å²) in [4.78, 5) is 93.3. The SMILES string of the molecule is CC[C@H](C)[C@@H]([C@@H](CC(=O)N1CCC[C@H]1[C@H](OC)[C@@H](C)C(=O)N[C@@H](Cc1ccccc1)C(=O)O)OC)N(C)C(=O)[C@@H](NC(=O)[C@@H]1[C@H]2CC[C@H](C2)N1C(=O)CCCCCON=C(CS)CS)C(C)C. The Morgan fingerprint density at radius 3 is 2.24 bits per heavy atom. The van der Waals surface area contributed by atoms with Crippen molar-refractivity contribution in [2.24, 2.45) is 28.8 Å². The van der Waals surface area contributed by atoms with Crippen LogP contribution in [0.2, 0.25) is 0 Å². The van der Waals surface area contributed by atoms with Crippen molar-refractivity contribution < 1.29 is 48.2 Å². The molecule has 5 amide bonds. The molecule has 0 radical (unpaired) electrons. The number of carboxylic acid groups (broad SMARTS) is 1. The number of oxime groups is 1. The second-order valence-electron chi connectivity index (χ2n) is 19.0. The first-order valence-electron chi connectivity index (χ1n) is 24.2. The molecule has 67 heavy (non-hydrogen) atoms. The van der Waals surface area contributed by atoms with Crippen molar-refractivity contribution in [3.05, 3.63) is 35.9 Å². The maximum absolute atomic E-state index is 14.7. The lowest BCUT2D eigenvalue weighted by Gasteiger charge is -2.41. The number of nitrogens with zero attached hydrogens (tertiary/aromatic N) is 4. The minimum Gasteiger partial charge on any atom is -0.480 e. The number of fused-ring (bicyclic) bond motifs is 2. The second kappa shape index (κ2) is 27.4. The summed E-state index contributed by atoms with van der Waals surface area (Å²) in [7, 11) is 4.72. The fourth-order valence-electron chi connectivity index (χ4n) is 10.3. The van der Waals surface area contributed by atoms with E-state index >= 15 is 0 Å². The molecule has 0 aromatic heterocycles. The van der Waals surface area contributed by atoms with Gasteiger partial charge in [-0.2, -0.15) is 25.3 Å². The van der Waals surface area contributed by atoms with E-state index in [0.717, 1.165) is 43.4 Å². The minimum absolute atomic E-state index is 0.00132. The second-order valence-corrected chi connectivity index (χ2v) is 19.6. The molecule has 16 nitrogen and oxygen atoms in total. The summed E-state index contributed by atoms with van der Waals surface area (Å²) >= 11 is 8.41. The molecule has 0 unspecified atom stereocenters. The highest BCUT2D eigenvalue weighted by atomic mass is 32.1. The number of likely N-dealkylation sites (tertiary alicyclic amines) is 2. The van der Waals surface area contributed by atoms with Crippen molar-refractivity contribution in [2.45, 2.75) is 160 Å². The van der Waals surface area contributed by atoms with Crippen LogP contribution in [-0.4, -0.2) is 155 Å². The van der Waals surface area contributed by atoms with Crippen molar-refractivity contribution in [3.63, 3.8) is 0 Å². The van der Waals surface area contributed by atoms with Crippen molar-refractivity contribution in [3.8, 4) is 0 Å². The molecular weight excluding hydrogens is 897 g/mol. The van der Waals surface area contributed by atoms with Crippen LogP contribution in [0.5, 0.6) is 0 Å². The number of unbranched alkanes of at least 4 members (excludes halogenated alkanes) is 2. The van der Waals surface area contributed by atoms with E-state index in [-0.39, 0.29) is 60.3 Å². The summed E-state index contributed by atoms with van der Waals surface area (Å²) in [6.45, 7) is 10.3. The molecule has 11 atom stereocenters. The molecule has 376 valence electrons. The molecule has 2 bridgehead atoms. The predicted octanol–water partition coefficient (Wildman–Crippen LogP) is 5.03. The molecule has 1 aliphatic carbocycles. The quantitative estimate of drug-likeness (QED) is 0.0329. The highest BCUT2D eigenvalue weighted by Gasteiger charge is 2.52. The number of thiol groups is 2. The van der Waals surface area contributed by atoms with Crippen molar-refractivity contribution in [1.82, 2.24) is 25.3 Å². The van der Waals surface area contributed by atoms with Crippen LogP contribution >= 0.6 is 25.3 Å². The van der Waals surface area contributed by atoms with Gasteiger partial charge in [-0.15, -0.1) is 0 Å². The Balaban J connectivity index is 1.42. The standard InChI is InChI=1S/C49H78N6O10S2/c1-9-31(4)43(39(63-7)27-41(57)54-23-16-19-38(54)45(64-8)32(5)46(58)50-37(49(61)62)25-33-17-12-10-13-18-33)53(6)48(60)42(30(2)3)51-47(59)44-34-21-22-36(26-34)55(44)40(56)20-14-11-15-24-65-52-35(28-66)29-67/h10,12-13,17-18,30-32,34,36-39,42-45,66-67H,9,11,14-16,19-29H2,1-8H3,(H,50,58)(H,51,59)(H,61,62)/t31-,32+,34-,36+,37-,38-,39+,42-,43-,44-,45+/m0/s1. The molecule has 18 heteroatoms. The normalized spacial score (nSPS) is 22.0. The maximum atomic E-state index is 14.7.